The maximum Gasteiger partial charge on any atom is 0.404 e. The van der Waals surface area contributed by atoms with Crippen molar-refractivity contribution in [2.24, 2.45) is 5.73 Å². The second-order valence-electron chi connectivity index (χ2n) is 6.85. The van der Waals surface area contributed by atoms with E-state index in [1.54, 1.807) is 29.2 Å². The average Bonchev–Trinajstić information content (AvgIpc) is 3.18. The highest BCUT2D eigenvalue weighted by Gasteiger charge is 2.25. The molecule has 4 amide bonds. The smallest absolute Gasteiger partial charge is 0.404 e. The zero-order chi connectivity index (χ0) is 23.3. The van der Waals surface area contributed by atoms with E-state index in [0.717, 1.165) is 16.9 Å². The number of carbonyl (C=O) groups excluding carboxylic acids is 4. The van der Waals surface area contributed by atoms with Crippen molar-refractivity contribution in [1.29, 1.82) is 0 Å². The van der Waals surface area contributed by atoms with Crippen molar-refractivity contribution in [1.82, 2.24) is 5.32 Å². The first-order valence-corrected chi connectivity index (χ1v) is 10.7. The van der Waals surface area contributed by atoms with Gasteiger partial charge in [-0.1, -0.05) is 11.6 Å². The monoisotopic (exact) mass is 480 g/mol. The number of rotatable bonds is 7. The van der Waals surface area contributed by atoms with Crippen molar-refractivity contribution in [3.8, 4) is 0 Å². The van der Waals surface area contributed by atoms with Crippen LogP contribution in [0, 0.1) is 6.92 Å². The molecule has 1 saturated heterocycles. The van der Waals surface area contributed by atoms with E-state index in [1.807, 2.05) is 6.92 Å². The Morgan fingerprint density at radius 3 is 2.72 bits per heavy atom. The van der Waals surface area contributed by atoms with Crippen LogP contribution in [0.3, 0.4) is 0 Å². The zero-order valence-electron chi connectivity index (χ0n) is 17.1. The van der Waals surface area contributed by atoms with Crippen LogP contribution in [0.4, 0.5) is 16.2 Å². The molecule has 0 spiro atoms. The summed E-state index contributed by atoms with van der Waals surface area (Å²) < 4.78 is 10.3. The van der Waals surface area contributed by atoms with Crippen molar-refractivity contribution >= 4 is 58.1 Å². The molecular formula is C20H21ClN4O6S. The number of benzene rings is 1. The number of amides is 4. The summed E-state index contributed by atoms with van der Waals surface area (Å²) in [4.78, 5) is 50.2. The summed E-state index contributed by atoms with van der Waals surface area (Å²) in [6.45, 7) is 2.26. The Morgan fingerprint density at radius 1 is 1.31 bits per heavy atom. The minimum atomic E-state index is -1.20. The van der Waals surface area contributed by atoms with E-state index in [-0.39, 0.29) is 12.5 Å². The maximum atomic E-state index is 12.8. The summed E-state index contributed by atoms with van der Waals surface area (Å²) in [6.07, 6.45) is -1.08. The first-order chi connectivity index (χ1) is 15.2. The summed E-state index contributed by atoms with van der Waals surface area (Å²) in [5.41, 5.74) is 6.91. The number of nitrogens with zero attached hydrogens (tertiary/aromatic N) is 1. The molecule has 4 N–H and O–H groups in total. The maximum absolute atomic E-state index is 12.8. The fourth-order valence-electron chi connectivity index (χ4n) is 3.05. The van der Waals surface area contributed by atoms with Crippen molar-refractivity contribution in [3.63, 3.8) is 0 Å². The fraction of sp³-hybridized carbons (Fsp3) is 0.300. The third kappa shape index (κ3) is 5.96. The van der Waals surface area contributed by atoms with Crippen LogP contribution >= 0.6 is 22.9 Å². The van der Waals surface area contributed by atoms with Gasteiger partial charge in [-0.15, -0.1) is 11.3 Å². The lowest BCUT2D eigenvalue weighted by Gasteiger charge is -2.28. The Hall–Kier alpha value is -3.15. The molecule has 0 saturated carbocycles. The summed E-state index contributed by atoms with van der Waals surface area (Å²) in [5.74, 6) is -1.31. The van der Waals surface area contributed by atoms with Gasteiger partial charge in [0, 0.05) is 17.9 Å². The molecular weight excluding hydrogens is 460 g/mol. The quantitative estimate of drug-likeness (QED) is 0.553. The lowest BCUT2D eigenvalue weighted by atomic mass is 10.1. The number of aryl methyl sites for hydroxylation is 1. The van der Waals surface area contributed by atoms with Crippen LogP contribution in [-0.2, 0) is 19.1 Å². The number of halogens is 1. The summed E-state index contributed by atoms with van der Waals surface area (Å²) in [5, 5.41) is 5.18. The van der Waals surface area contributed by atoms with Gasteiger partial charge in [0.15, 0.2) is 0 Å². The predicted octanol–water partition coefficient (Wildman–Crippen LogP) is 1.91. The average molecular weight is 481 g/mol. The van der Waals surface area contributed by atoms with Crippen LogP contribution in [0.5, 0.6) is 0 Å². The molecule has 0 aliphatic carbocycles. The number of anilines is 2. The number of nitrogens with two attached hydrogens (primary N) is 1. The van der Waals surface area contributed by atoms with Gasteiger partial charge in [-0.25, -0.2) is 4.79 Å². The molecule has 2 aromatic rings. The number of hydrogen-bond acceptors (Lipinski definition) is 7. The lowest BCUT2D eigenvalue weighted by Crippen LogP contribution is -2.47. The van der Waals surface area contributed by atoms with E-state index in [4.69, 9.17) is 26.8 Å². The number of nitrogens with one attached hydrogen (secondary N) is 2. The molecule has 0 bridgehead atoms. The first kappa shape index (κ1) is 23.5. The Labute approximate surface area is 192 Å². The molecule has 10 nitrogen and oxygen atoms in total. The molecule has 1 aliphatic rings. The number of morpholine rings is 1. The van der Waals surface area contributed by atoms with Crippen LogP contribution in [0.2, 0.25) is 4.34 Å². The Morgan fingerprint density at radius 2 is 2.09 bits per heavy atom. The highest BCUT2D eigenvalue weighted by Crippen LogP contribution is 2.25. The highest BCUT2D eigenvalue weighted by atomic mass is 35.5. The Balaban J connectivity index is 1.71. The third-order valence-electron chi connectivity index (χ3n) is 4.55. The number of hydrogen-bond donors (Lipinski definition) is 3. The first-order valence-electron chi connectivity index (χ1n) is 9.52. The highest BCUT2D eigenvalue weighted by molar-refractivity contribution is 7.18. The minimum Gasteiger partial charge on any atom is -0.447 e. The molecule has 1 aromatic heterocycles. The minimum absolute atomic E-state index is 0.0224. The van der Waals surface area contributed by atoms with Gasteiger partial charge in [0.2, 0.25) is 0 Å². The molecule has 1 fully saturated rings. The normalized spacial score (nSPS) is 14.6. The van der Waals surface area contributed by atoms with Gasteiger partial charge in [0.1, 0.15) is 19.3 Å². The van der Waals surface area contributed by atoms with Crippen molar-refractivity contribution in [2.45, 2.75) is 13.0 Å². The van der Waals surface area contributed by atoms with E-state index in [0.29, 0.717) is 33.7 Å². The molecule has 1 aliphatic heterocycles. The molecule has 1 aromatic carbocycles. The van der Waals surface area contributed by atoms with Crippen molar-refractivity contribution in [3.05, 3.63) is 45.1 Å². The van der Waals surface area contributed by atoms with Gasteiger partial charge in [0.25, 0.3) is 17.7 Å². The standard InChI is InChI=1S/C20H21ClN4O6S/c1-11-8-12(2-3-14(11)25-6-7-30-10-17(25)26)23-18(27)13(9-31-20(22)29)24-19(28)15-4-5-16(21)32-15/h2-5,8,13H,6-7,9-10H2,1H3,(H2,22,29)(H,23,27)(H,24,28)/t13-/m1/s1. The summed E-state index contributed by atoms with van der Waals surface area (Å²) in [6, 6.07) is 6.92. The second kappa shape index (κ2) is 10.4. The van der Waals surface area contributed by atoms with E-state index >= 15 is 0 Å². The number of thiophene rings is 1. The van der Waals surface area contributed by atoms with Crippen LogP contribution in [0.25, 0.3) is 0 Å². The topological polar surface area (TPSA) is 140 Å². The van der Waals surface area contributed by atoms with E-state index in [2.05, 4.69) is 10.6 Å². The Bertz CT molecular complexity index is 1040. The summed E-state index contributed by atoms with van der Waals surface area (Å²) >= 11 is 6.89. The van der Waals surface area contributed by atoms with Crippen molar-refractivity contribution < 1.29 is 28.7 Å². The van der Waals surface area contributed by atoms with Crippen LogP contribution in [0.1, 0.15) is 15.2 Å². The van der Waals surface area contributed by atoms with Crippen molar-refractivity contribution in [2.75, 3.05) is 36.6 Å². The lowest BCUT2D eigenvalue weighted by molar-refractivity contribution is -0.125. The molecule has 3 rings (SSSR count). The number of ether oxygens (including phenoxy) is 2. The van der Waals surface area contributed by atoms with Gasteiger partial charge >= 0.3 is 6.09 Å². The van der Waals surface area contributed by atoms with Gasteiger partial charge in [-0.3, -0.25) is 14.4 Å². The predicted molar refractivity (Wildman–Crippen MR) is 119 cm³/mol. The van der Waals surface area contributed by atoms with Gasteiger partial charge in [-0.05, 0) is 42.8 Å². The zero-order valence-corrected chi connectivity index (χ0v) is 18.6. The molecule has 32 heavy (non-hydrogen) atoms. The Kier molecular flexibility index (Phi) is 7.67. The van der Waals surface area contributed by atoms with E-state index < -0.39 is 30.6 Å². The third-order valence-corrected chi connectivity index (χ3v) is 5.78. The van der Waals surface area contributed by atoms with Crippen LogP contribution < -0.4 is 21.3 Å². The number of carbonyl (C=O) groups is 4. The molecule has 0 unspecified atom stereocenters. The van der Waals surface area contributed by atoms with E-state index in [9.17, 15) is 19.2 Å². The molecule has 2 heterocycles. The number of primary amides is 1. The van der Waals surface area contributed by atoms with Crippen LogP contribution in [-0.4, -0.2) is 56.2 Å². The SMILES string of the molecule is Cc1cc(NC(=O)[C@@H](COC(N)=O)NC(=O)c2ccc(Cl)s2)ccc1N1CCOCC1=O. The molecule has 170 valence electrons. The largest absolute Gasteiger partial charge is 0.447 e. The molecule has 12 heteroatoms. The fourth-order valence-corrected chi connectivity index (χ4v) is 4.00. The van der Waals surface area contributed by atoms with Gasteiger partial charge < -0.3 is 30.7 Å². The van der Waals surface area contributed by atoms with Gasteiger partial charge in [0.05, 0.1) is 15.8 Å². The molecule has 1 atom stereocenters. The van der Waals surface area contributed by atoms with Crippen LogP contribution in [0.15, 0.2) is 30.3 Å². The van der Waals surface area contributed by atoms with Gasteiger partial charge in [-0.2, -0.15) is 0 Å². The second-order valence-corrected chi connectivity index (χ2v) is 8.56. The molecule has 0 radical (unpaired) electrons. The van der Waals surface area contributed by atoms with E-state index in [1.165, 1.54) is 6.07 Å². The summed E-state index contributed by atoms with van der Waals surface area (Å²) in [7, 11) is 0.